The predicted molar refractivity (Wildman–Crippen MR) is 168 cm³/mol. The van der Waals surface area contributed by atoms with E-state index in [9.17, 15) is 10.1 Å². The van der Waals surface area contributed by atoms with Gasteiger partial charge in [-0.1, -0.05) is 12.1 Å². The van der Waals surface area contributed by atoms with Gasteiger partial charge in [-0.15, -0.1) is 0 Å². The number of hydrogen-bond donors (Lipinski definition) is 1. The molecule has 2 aliphatic carbocycles. The maximum Gasteiger partial charge on any atom is 0.316 e. The second kappa shape index (κ2) is 15.0. The fraction of sp³-hybridized carbons (Fsp3) is 0.500. The standard InChI is InChI=1S/C16H20N4O3.C16H22N4O/c1-2-23-13-8-6-12(7-9-13)19-11-15(20(21)22)16(18-19)14-5-3-4-10-17-14;1-2-21-13-8-6-12(7-9-13)20-11-14(17)16(19-20)15-5-3-4-10-18-15/h3-5,10-13H,2,6-9H2,1H3;3-5,10-13H,2,6-9,17H2,1H3. The summed E-state index contributed by atoms with van der Waals surface area (Å²) < 4.78 is 15.1. The third-order valence-electron chi connectivity index (χ3n) is 8.33. The molecule has 0 radical (unpaired) electrons. The van der Waals surface area contributed by atoms with Gasteiger partial charge in [-0.05, 0) is 89.5 Å². The summed E-state index contributed by atoms with van der Waals surface area (Å²) in [7, 11) is 0. The Morgan fingerprint density at radius 2 is 1.25 bits per heavy atom. The molecule has 2 aliphatic rings. The number of ether oxygens (including phenoxy) is 2. The van der Waals surface area contributed by atoms with Crippen LogP contribution in [0.4, 0.5) is 11.4 Å². The van der Waals surface area contributed by atoms with E-state index in [2.05, 4.69) is 27.1 Å². The fourth-order valence-electron chi connectivity index (χ4n) is 6.11. The smallest absolute Gasteiger partial charge is 0.316 e. The summed E-state index contributed by atoms with van der Waals surface area (Å²) in [6.07, 6.45) is 15.7. The van der Waals surface area contributed by atoms with Crippen LogP contribution in [0.25, 0.3) is 22.8 Å². The number of nitrogen functional groups attached to an aromatic ring is 1. The van der Waals surface area contributed by atoms with E-state index >= 15 is 0 Å². The van der Waals surface area contributed by atoms with Gasteiger partial charge < -0.3 is 15.2 Å². The van der Waals surface area contributed by atoms with Gasteiger partial charge in [-0.3, -0.25) is 29.4 Å². The lowest BCUT2D eigenvalue weighted by atomic mass is 9.93. The van der Waals surface area contributed by atoms with Gasteiger partial charge in [0.05, 0.1) is 46.3 Å². The van der Waals surface area contributed by atoms with Gasteiger partial charge in [0.25, 0.3) is 0 Å². The second-order valence-corrected chi connectivity index (χ2v) is 11.2. The van der Waals surface area contributed by atoms with Crippen LogP contribution in [0, 0.1) is 10.1 Å². The Morgan fingerprint density at radius 3 is 1.70 bits per heavy atom. The Balaban J connectivity index is 0.000000175. The first-order valence-electron chi connectivity index (χ1n) is 15.6. The van der Waals surface area contributed by atoms with Gasteiger partial charge in [-0.2, -0.15) is 10.2 Å². The Morgan fingerprint density at radius 1 is 0.773 bits per heavy atom. The van der Waals surface area contributed by atoms with Crippen LogP contribution in [-0.4, -0.2) is 59.9 Å². The summed E-state index contributed by atoms with van der Waals surface area (Å²) in [4.78, 5) is 19.5. The van der Waals surface area contributed by atoms with Gasteiger partial charge in [0.1, 0.15) is 11.9 Å². The number of nitrogens with two attached hydrogens (primary N) is 1. The third-order valence-corrected chi connectivity index (χ3v) is 8.33. The van der Waals surface area contributed by atoms with Crippen LogP contribution in [0.2, 0.25) is 0 Å². The van der Waals surface area contributed by atoms with E-state index in [-0.39, 0.29) is 16.7 Å². The Bertz CT molecular complexity index is 1460. The van der Waals surface area contributed by atoms with Crippen molar-refractivity contribution in [2.24, 2.45) is 0 Å². The summed E-state index contributed by atoms with van der Waals surface area (Å²) in [5.41, 5.74) is 9.29. The first kappa shape index (κ1) is 31.3. The highest BCUT2D eigenvalue weighted by molar-refractivity contribution is 5.68. The quantitative estimate of drug-likeness (QED) is 0.169. The summed E-state index contributed by atoms with van der Waals surface area (Å²) in [5.74, 6) is 0. The van der Waals surface area contributed by atoms with Crippen molar-refractivity contribution >= 4 is 11.4 Å². The molecule has 44 heavy (non-hydrogen) atoms. The molecule has 0 aliphatic heterocycles. The number of pyridine rings is 2. The molecule has 2 saturated carbocycles. The van der Waals surface area contributed by atoms with Crippen LogP contribution in [-0.2, 0) is 9.47 Å². The van der Waals surface area contributed by atoms with Gasteiger partial charge in [0, 0.05) is 31.8 Å². The first-order valence-corrected chi connectivity index (χ1v) is 15.6. The van der Waals surface area contributed by atoms with Crippen molar-refractivity contribution in [1.29, 1.82) is 0 Å². The van der Waals surface area contributed by atoms with Crippen molar-refractivity contribution in [3.05, 3.63) is 71.3 Å². The maximum absolute atomic E-state index is 11.3. The number of rotatable bonds is 9. The van der Waals surface area contributed by atoms with E-state index in [1.807, 2.05) is 36.0 Å². The molecule has 0 amide bonds. The molecule has 2 N–H and O–H groups in total. The van der Waals surface area contributed by atoms with Crippen molar-refractivity contribution in [1.82, 2.24) is 29.5 Å². The van der Waals surface area contributed by atoms with E-state index < -0.39 is 0 Å². The highest BCUT2D eigenvalue weighted by atomic mass is 16.6. The van der Waals surface area contributed by atoms with Crippen LogP contribution >= 0.6 is 0 Å². The van der Waals surface area contributed by atoms with E-state index in [4.69, 9.17) is 15.2 Å². The van der Waals surface area contributed by atoms with Crippen molar-refractivity contribution < 1.29 is 14.4 Å². The van der Waals surface area contributed by atoms with Gasteiger partial charge in [0.15, 0.2) is 5.69 Å². The van der Waals surface area contributed by atoms with E-state index in [0.29, 0.717) is 35.3 Å². The predicted octanol–water partition coefficient (Wildman–Crippen LogP) is 6.42. The minimum absolute atomic E-state index is 0.00984. The topological polar surface area (TPSA) is 149 Å². The number of hydrogen-bond acceptors (Lipinski definition) is 9. The average molecular weight is 603 g/mol. The Hall–Kier alpha value is -4.16. The van der Waals surface area contributed by atoms with Crippen LogP contribution < -0.4 is 5.73 Å². The summed E-state index contributed by atoms with van der Waals surface area (Å²) in [6.45, 7) is 5.59. The van der Waals surface area contributed by atoms with Crippen molar-refractivity contribution in [3.8, 4) is 22.8 Å². The van der Waals surface area contributed by atoms with Crippen molar-refractivity contribution in [2.75, 3.05) is 18.9 Å². The van der Waals surface area contributed by atoms with Gasteiger partial charge in [0.2, 0.25) is 0 Å². The average Bonchev–Trinajstić information content (AvgIpc) is 3.68. The molecular weight excluding hydrogens is 560 g/mol. The molecule has 0 bridgehead atoms. The fourth-order valence-corrected chi connectivity index (χ4v) is 6.11. The SMILES string of the molecule is CCOC1CCC(n2cc(N)c(-c3ccccn3)n2)CC1.CCOC1CCC(n2cc([N+](=O)[O-])c(-c3ccccn3)n2)CC1. The van der Waals surface area contributed by atoms with Crippen LogP contribution in [0.5, 0.6) is 0 Å². The molecule has 4 aromatic rings. The number of anilines is 1. The molecule has 0 spiro atoms. The minimum Gasteiger partial charge on any atom is -0.396 e. The molecular formula is C32H42N8O4. The lowest BCUT2D eigenvalue weighted by Crippen LogP contribution is -2.24. The third kappa shape index (κ3) is 7.67. The molecule has 12 nitrogen and oxygen atoms in total. The van der Waals surface area contributed by atoms with E-state index in [1.54, 1.807) is 35.3 Å². The Kier molecular flexibility index (Phi) is 10.7. The zero-order chi connectivity index (χ0) is 30.9. The normalized spacial score (nSPS) is 21.8. The molecule has 0 saturated heterocycles. The zero-order valence-corrected chi connectivity index (χ0v) is 25.5. The summed E-state index contributed by atoms with van der Waals surface area (Å²) in [6, 6.07) is 11.7. The van der Waals surface area contributed by atoms with E-state index in [0.717, 1.165) is 76.0 Å². The highest BCUT2D eigenvalue weighted by Crippen LogP contribution is 2.34. The maximum atomic E-state index is 11.3. The number of nitro groups is 1. The zero-order valence-electron chi connectivity index (χ0n) is 25.5. The monoisotopic (exact) mass is 602 g/mol. The lowest BCUT2D eigenvalue weighted by Gasteiger charge is -2.28. The summed E-state index contributed by atoms with van der Waals surface area (Å²) in [5, 5.41) is 20.5. The van der Waals surface area contributed by atoms with Crippen LogP contribution in [0.3, 0.4) is 0 Å². The minimum atomic E-state index is -0.390. The van der Waals surface area contributed by atoms with E-state index in [1.165, 1.54) is 6.20 Å². The first-order chi connectivity index (χ1) is 21.5. The van der Waals surface area contributed by atoms with Crippen molar-refractivity contribution in [3.63, 3.8) is 0 Å². The summed E-state index contributed by atoms with van der Waals surface area (Å²) >= 11 is 0. The highest BCUT2D eigenvalue weighted by Gasteiger charge is 2.28. The van der Waals surface area contributed by atoms with Crippen LogP contribution in [0.1, 0.15) is 77.3 Å². The largest absolute Gasteiger partial charge is 0.396 e. The molecule has 6 rings (SSSR count). The number of nitrogens with zero attached hydrogens (tertiary/aromatic N) is 7. The molecule has 0 unspecified atom stereocenters. The molecule has 0 aromatic carbocycles. The molecule has 0 atom stereocenters. The van der Waals surface area contributed by atoms with Gasteiger partial charge >= 0.3 is 5.69 Å². The molecule has 4 aromatic heterocycles. The van der Waals surface area contributed by atoms with Gasteiger partial charge in [-0.25, -0.2) is 0 Å². The van der Waals surface area contributed by atoms with Crippen molar-refractivity contribution in [2.45, 2.75) is 89.5 Å². The second-order valence-electron chi connectivity index (χ2n) is 11.2. The molecule has 234 valence electrons. The molecule has 12 heteroatoms. The molecule has 4 heterocycles. The Labute approximate surface area is 257 Å². The molecule has 2 fully saturated rings. The van der Waals surface area contributed by atoms with Crippen LogP contribution in [0.15, 0.2) is 61.2 Å². The lowest BCUT2D eigenvalue weighted by molar-refractivity contribution is -0.384. The number of aromatic nitrogens is 6.